The highest BCUT2D eigenvalue weighted by Crippen LogP contribution is 2.34. The summed E-state index contributed by atoms with van der Waals surface area (Å²) in [5.41, 5.74) is 3.09. The fourth-order valence-corrected chi connectivity index (χ4v) is 3.60. The lowest BCUT2D eigenvalue weighted by atomic mass is 9.98. The molecule has 0 saturated heterocycles. The van der Waals surface area contributed by atoms with E-state index in [9.17, 15) is 4.79 Å². The van der Waals surface area contributed by atoms with Crippen LogP contribution in [0.25, 0.3) is 11.3 Å². The number of ether oxygens (including phenoxy) is 3. The molecule has 1 aromatic heterocycles. The Kier molecular flexibility index (Phi) is 5.16. The molecule has 0 radical (unpaired) electrons. The molecular formula is C23H23NO5. The number of amides is 1. The topological polar surface area (TPSA) is 61.1 Å². The third-order valence-corrected chi connectivity index (χ3v) is 5.18. The Morgan fingerprint density at radius 2 is 1.69 bits per heavy atom. The molecule has 1 aliphatic rings. The van der Waals surface area contributed by atoms with Crippen LogP contribution in [0.3, 0.4) is 0 Å². The highest BCUT2D eigenvalue weighted by Gasteiger charge is 2.25. The maximum Gasteiger partial charge on any atom is 0.289 e. The lowest BCUT2D eigenvalue weighted by Crippen LogP contribution is -2.35. The summed E-state index contributed by atoms with van der Waals surface area (Å²) in [7, 11) is 4.85. The molecule has 0 N–H and O–H groups in total. The van der Waals surface area contributed by atoms with Gasteiger partial charge in [0.05, 0.1) is 21.3 Å². The highest BCUT2D eigenvalue weighted by atomic mass is 16.5. The first kappa shape index (κ1) is 18.9. The smallest absolute Gasteiger partial charge is 0.289 e. The van der Waals surface area contributed by atoms with E-state index in [1.165, 1.54) is 5.56 Å². The first-order valence-corrected chi connectivity index (χ1v) is 9.40. The van der Waals surface area contributed by atoms with E-state index >= 15 is 0 Å². The second-order valence-electron chi connectivity index (χ2n) is 6.85. The number of rotatable bonds is 5. The van der Waals surface area contributed by atoms with E-state index in [4.69, 9.17) is 18.6 Å². The van der Waals surface area contributed by atoms with Gasteiger partial charge in [-0.05, 0) is 53.9 Å². The van der Waals surface area contributed by atoms with Crippen LogP contribution in [0.2, 0.25) is 0 Å². The molecule has 1 aliphatic heterocycles. The van der Waals surface area contributed by atoms with Crippen LogP contribution in [0.5, 0.6) is 17.2 Å². The first-order chi connectivity index (χ1) is 14.1. The molecule has 29 heavy (non-hydrogen) atoms. The van der Waals surface area contributed by atoms with Gasteiger partial charge in [0.2, 0.25) is 0 Å². The lowest BCUT2D eigenvalue weighted by molar-refractivity contribution is 0.0703. The molecular weight excluding hydrogens is 370 g/mol. The molecule has 6 nitrogen and oxygen atoms in total. The largest absolute Gasteiger partial charge is 0.497 e. The summed E-state index contributed by atoms with van der Waals surface area (Å²) in [6, 6.07) is 15.0. The van der Waals surface area contributed by atoms with Crippen molar-refractivity contribution in [3.05, 3.63) is 65.4 Å². The summed E-state index contributed by atoms with van der Waals surface area (Å²) in [6.45, 7) is 1.13. The summed E-state index contributed by atoms with van der Waals surface area (Å²) in [6.07, 6.45) is 0.755. The van der Waals surface area contributed by atoms with Gasteiger partial charge in [0.15, 0.2) is 17.3 Å². The number of hydrogen-bond acceptors (Lipinski definition) is 5. The van der Waals surface area contributed by atoms with Gasteiger partial charge >= 0.3 is 0 Å². The molecule has 2 aromatic carbocycles. The zero-order valence-electron chi connectivity index (χ0n) is 16.7. The molecule has 4 rings (SSSR count). The van der Waals surface area contributed by atoms with Gasteiger partial charge in [0.25, 0.3) is 5.91 Å². The van der Waals surface area contributed by atoms with E-state index in [-0.39, 0.29) is 5.91 Å². The molecule has 0 bridgehead atoms. The third-order valence-electron chi connectivity index (χ3n) is 5.18. The van der Waals surface area contributed by atoms with Crippen LogP contribution < -0.4 is 14.2 Å². The van der Waals surface area contributed by atoms with Crippen molar-refractivity contribution in [3.8, 4) is 28.6 Å². The molecule has 0 aliphatic carbocycles. The molecule has 0 unspecified atom stereocenters. The van der Waals surface area contributed by atoms with Crippen molar-refractivity contribution in [1.82, 2.24) is 4.90 Å². The van der Waals surface area contributed by atoms with Gasteiger partial charge in [-0.15, -0.1) is 0 Å². The standard InChI is InChI=1S/C23H23NO5/c1-26-18-6-4-5-16(11-18)19-7-8-20(29-19)23(25)24-10-9-15-12-21(27-2)22(28-3)13-17(15)14-24/h4-8,11-13H,9-10,14H2,1-3H3. The summed E-state index contributed by atoms with van der Waals surface area (Å²) in [5.74, 6) is 2.95. The van der Waals surface area contributed by atoms with Crippen molar-refractivity contribution < 1.29 is 23.4 Å². The molecule has 0 spiro atoms. The number of benzene rings is 2. The quantitative estimate of drug-likeness (QED) is 0.651. The van der Waals surface area contributed by atoms with E-state index < -0.39 is 0 Å². The number of carbonyl (C=O) groups is 1. The van der Waals surface area contributed by atoms with E-state index in [2.05, 4.69) is 0 Å². The number of methoxy groups -OCH3 is 3. The number of hydrogen-bond donors (Lipinski definition) is 0. The van der Waals surface area contributed by atoms with Crippen LogP contribution in [0.1, 0.15) is 21.7 Å². The summed E-state index contributed by atoms with van der Waals surface area (Å²) >= 11 is 0. The van der Waals surface area contributed by atoms with Gasteiger partial charge in [-0.2, -0.15) is 0 Å². The van der Waals surface area contributed by atoms with Gasteiger partial charge in [-0.25, -0.2) is 0 Å². The van der Waals surface area contributed by atoms with Gasteiger partial charge in [0.1, 0.15) is 11.5 Å². The van der Waals surface area contributed by atoms with Crippen molar-refractivity contribution in [1.29, 1.82) is 0 Å². The van der Waals surface area contributed by atoms with Gasteiger partial charge in [0, 0.05) is 18.7 Å². The number of carbonyl (C=O) groups excluding carboxylic acids is 1. The normalized spacial score (nSPS) is 13.0. The number of furan rings is 1. The second-order valence-corrected chi connectivity index (χ2v) is 6.85. The fraction of sp³-hybridized carbons (Fsp3) is 0.261. The van der Waals surface area contributed by atoms with Crippen LogP contribution in [-0.2, 0) is 13.0 Å². The molecule has 3 aromatic rings. The van der Waals surface area contributed by atoms with E-state index in [1.54, 1.807) is 32.3 Å². The van der Waals surface area contributed by atoms with Crippen LogP contribution in [0.15, 0.2) is 52.9 Å². The van der Waals surface area contributed by atoms with Gasteiger partial charge in [-0.3, -0.25) is 4.79 Å². The Morgan fingerprint density at radius 3 is 2.41 bits per heavy atom. The highest BCUT2D eigenvalue weighted by molar-refractivity contribution is 5.92. The number of fused-ring (bicyclic) bond motifs is 1. The lowest BCUT2D eigenvalue weighted by Gasteiger charge is -2.29. The number of nitrogens with zero attached hydrogens (tertiary/aromatic N) is 1. The second kappa shape index (κ2) is 7.91. The minimum Gasteiger partial charge on any atom is -0.497 e. The van der Waals surface area contributed by atoms with Gasteiger partial charge < -0.3 is 23.5 Å². The molecule has 6 heteroatoms. The monoisotopic (exact) mass is 393 g/mol. The van der Waals surface area contributed by atoms with Crippen molar-refractivity contribution in [3.63, 3.8) is 0 Å². The molecule has 0 saturated carbocycles. The van der Waals surface area contributed by atoms with Gasteiger partial charge in [-0.1, -0.05) is 12.1 Å². The minimum atomic E-state index is -0.125. The molecule has 2 heterocycles. The minimum absolute atomic E-state index is 0.125. The fourth-order valence-electron chi connectivity index (χ4n) is 3.60. The van der Waals surface area contributed by atoms with Crippen molar-refractivity contribution >= 4 is 5.91 Å². The van der Waals surface area contributed by atoms with E-state index in [1.807, 2.05) is 42.5 Å². The van der Waals surface area contributed by atoms with Crippen LogP contribution >= 0.6 is 0 Å². The third kappa shape index (κ3) is 3.66. The molecule has 0 atom stereocenters. The van der Waals surface area contributed by atoms with Crippen LogP contribution in [0.4, 0.5) is 0 Å². The predicted molar refractivity (Wildman–Crippen MR) is 109 cm³/mol. The first-order valence-electron chi connectivity index (χ1n) is 9.40. The molecule has 150 valence electrons. The average molecular weight is 393 g/mol. The summed E-state index contributed by atoms with van der Waals surface area (Å²) in [4.78, 5) is 14.8. The van der Waals surface area contributed by atoms with Crippen molar-refractivity contribution in [2.24, 2.45) is 0 Å². The maximum atomic E-state index is 13.0. The Balaban J connectivity index is 1.55. The maximum absolute atomic E-state index is 13.0. The summed E-state index contributed by atoms with van der Waals surface area (Å²) in [5, 5.41) is 0. The Bertz CT molecular complexity index is 1040. The zero-order valence-corrected chi connectivity index (χ0v) is 16.7. The Morgan fingerprint density at radius 1 is 0.931 bits per heavy atom. The average Bonchev–Trinajstić information content (AvgIpc) is 3.27. The molecule has 1 amide bonds. The van der Waals surface area contributed by atoms with E-state index in [0.29, 0.717) is 36.1 Å². The predicted octanol–water partition coefficient (Wildman–Crippen LogP) is 4.17. The zero-order chi connectivity index (χ0) is 20.4. The van der Waals surface area contributed by atoms with Crippen molar-refractivity contribution in [2.75, 3.05) is 27.9 Å². The molecule has 0 fully saturated rings. The van der Waals surface area contributed by atoms with Crippen LogP contribution in [0, 0.1) is 0 Å². The summed E-state index contributed by atoms with van der Waals surface area (Å²) < 4.78 is 21.9. The Labute approximate surface area is 169 Å². The van der Waals surface area contributed by atoms with E-state index in [0.717, 1.165) is 23.3 Å². The van der Waals surface area contributed by atoms with Crippen molar-refractivity contribution in [2.45, 2.75) is 13.0 Å². The van der Waals surface area contributed by atoms with Crippen LogP contribution in [-0.4, -0.2) is 38.7 Å². The Hall–Kier alpha value is -3.41. The SMILES string of the molecule is COc1cccc(-c2ccc(C(=O)N3CCc4cc(OC)c(OC)cc4C3)o2)c1.